The summed E-state index contributed by atoms with van der Waals surface area (Å²) in [5.74, 6) is 4.60. The number of alkyl carbamates (subject to hydrolysis) is 1. The van der Waals surface area contributed by atoms with Gasteiger partial charge in [-0.05, 0) is 63.6 Å². The van der Waals surface area contributed by atoms with Crippen LogP contribution >= 0.6 is 11.6 Å². The lowest BCUT2D eigenvalue weighted by molar-refractivity contribution is -0.136. The average molecular weight is 748 g/mol. The lowest BCUT2D eigenvalue weighted by Gasteiger charge is -2.39. The zero-order chi connectivity index (χ0) is 38.2. The highest BCUT2D eigenvalue weighted by Crippen LogP contribution is 2.43. The second-order valence-corrected chi connectivity index (χ2v) is 18.0. The van der Waals surface area contributed by atoms with Crippen molar-refractivity contribution < 1.29 is 31.5 Å². The van der Waals surface area contributed by atoms with Gasteiger partial charge in [0, 0.05) is 17.7 Å². The fourth-order valence-corrected chi connectivity index (χ4v) is 6.19. The first kappa shape index (κ1) is 39.5. The largest absolute Gasteiger partial charge is 0.447 e. The Morgan fingerprint density at radius 1 is 1.24 bits per heavy atom. The molecule has 2 amide bonds. The lowest BCUT2D eigenvalue weighted by atomic mass is 9.70. The van der Waals surface area contributed by atoms with Crippen molar-refractivity contribution in [3.8, 4) is 17.5 Å². The van der Waals surface area contributed by atoms with Gasteiger partial charge in [0.1, 0.15) is 29.5 Å². The predicted molar refractivity (Wildman–Crippen MR) is 190 cm³/mol. The minimum absolute atomic E-state index is 0.249. The Morgan fingerprint density at radius 3 is 2.47 bits per heavy atom. The van der Waals surface area contributed by atoms with Crippen LogP contribution in [0.4, 0.5) is 13.6 Å². The number of carbonyl (C=O) groups excluding carboxylic acids is 2. The SMILES string of the molecule is CC(C)(C)C[C@]1(C2C=CC(C#CC(C)(C)S(C)(=O)=O)=CC2)NC(=N)N([C@H](COC(=O)NC(C)(C)C(F)F)c2ccc(Cl)c(-n3cncn3)c2)C1=O. The first-order valence-electron chi connectivity index (χ1n) is 16.2. The van der Waals surface area contributed by atoms with Crippen LogP contribution in [-0.4, -0.2) is 81.2 Å². The van der Waals surface area contributed by atoms with Crippen LogP contribution in [0.5, 0.6) is 0 Å². The Labute approximate surface area is 302 Å². The molecule has 276 valence electrons. The number of nitrogens with one attached hydrogen (secondary N) is 3. The van der Waals surface area contributed by atoms with Crippen LogP contribution in [0.3, 0.4) is 0 Å². The molecule has 2 aromatic rings. The van der Waals surface area contributed by atoms with E-state index in [-0.39, 0.29) is 5.96 Å². The molecular weight excluding hydrogens is 704 g/mol. The number of rotatable bonds is 10. The number of ether oxygens (including phenoxy) is 1. The van der Waals surface area contributed by atoms with E-state index in [9.17, 15) is 26.8 Å². The molecule has 1 aromatic heterocycles. The minimum atomic E-state index is -3.44. The highest BCUT2D eigenvalue weighted by Gasteiger charge is 2.57. The number of guanidine groups is 1. The summed E-state index contributed by atoms with van der Waals surface area (Å²) >= 11 is 6.50. The molecule has 1 aromatic carbocycles. The summed E-state index contributed by atoms with van der Waals surface area (Å²) in [4.78, 5) is 32.9. The van der Waals surface area contributed by atoms with Gasteiger partial charge in [0.25, 0.3) is 12.3 Å². The van der Waals surface area contributed by atoms with E-state index in [4.69, 9.17) is 21.7 Å². The minimum Gasteiger partial charge on any atom is -0.447 e. The molecule has 1 saturated heterocycles. The summed E-state index contributed by atoms with van der Waals surface area (Å²) in [5.41, 5.74) is -2.22. The van der Waals surface area contributed by atoms with Gasteiger partial charge in [0.15, 0.2) is 15.8 Å². The van der Waals surface area contributed by atoms with Crippen molar-refractivity contribution in [2.45, 2.75) is 89.6 Å². The van der Waals surface area contributed by atoms with Crippen molar-refractivity contribution in [3.05, 3.63) is 65.2 Å². The topological polar surface area (TPSA) is 159 Å². The van der Waals surface area contributed by atoms with Gasteiger partial charge in [-0.25, -0.2) is 31.7 Å². The van der Waals surface area contributed by atoms with E-state index >= 15 is 0 Å². The Morgan fingerprint density at radius 2 is 1.92 bits per heavy atom. The maximum absolute atomic E-state index is 14.9. The quantitative estimate of drug-likeness (QED) is 0.265. The number of carbonyl (C=O) groups is 2. The van der Waals surface area contributed by atoms with E-state index in [1.54, 1.807) is 24.3 Å². The molecule has 1 aliphatic carbocycles. The second-order valence-electron chi connectivity index (χ2n) is 15.1. The van der Waals surface area contributed by atoms with Gasteiger partial charge >= 0.3 is 6.09 Å². The standard InChI is InChI=1S/C35H44ClF2N7O5S/c1-32(2,3)19-35(24-12-9-22(10-13-24)15-16-33(4,5)51(8,48)49)29(46)45(30(39)42-35)27(18-50-31(47)43-34(6,7)28(37)38)23-11-14-25(36)26(17-23)44-21-40-20-41-44/h9-12,14,17,20-21,24,27-28H,13,18-19H2,1-8H3,(H2,39,42)(H,43,47)/t24?,27-,35-/m1/s1. The molecule has 2 aliphatic rings. The van der Waals surface area contributed by atoms with Gasteiger partial charge in [0.2, 0.25) is 0 Å². The molecule has 2 heterocycles. The van der Waals surface area contributed by atoms with Gasteiger partial charge in [-0.15, -0.1) is 0 Å². The number of nitrogens with zero attached hydrogens (tertiary/aromatic N) is 4. The van der Waals surface area contributed by atoms with E-state index < -0.39 is 68.1 Å². The third-order valence-corrected chi connectivity index (χ3v) is 11.1. The van der Waals surface area contributed by atoms with E-state index in [0.29, 0.717) is 34.7 Å². The summed E-state index contributed by atoms with van der Waals surface area (Å²) in [7, 11) is -3.44. The fourth-order valence-electron chi connectivity index (χ4n) is 5.74. The number of hydrogen-bond acceptors (Lipinski definition) is 8. The summed E-state index contributed by atoms with van der Waals surface area (Å²) in [6.45, 7) is 10.8. The lowest BCUT2D eigenvalue weighted by Crippen LogP contribution is -2.55. The molecule has 0 spiro atoms. The monoisotopic (exact) mass is 747 g/mol. The van der Waals surface area contributed by atoms with Gasteiger partial charge in [-0.2, -0.15) is 5.10 Å². The number of aromatic nitrogens is 3. The summed E-state index contributed by atoms with van der Waals surface area (Å²) < 4.78 is 57.0. The van der Waals surface area contributed by atoms with Crippen LogP contribution in [0, 0.1) is 28.6 Å². The zero-order valence-corrected chi connectivity index (χ0v) is 31.4. The van der Waals surface area contributed by atoms with Gasteiger partial charge in [-0.1, -0.05) is 68.5 Å². The molecule has 1 fully saturated rings. The smallest absolute Gasteiger partial charge is 0.407 e. The average Bonchev–Trinajstić information content (AvgIpc) is 3.63. The zero-order valence-electron chi connectivity index (χ0n) is 29.8. The number of benzene rings is 1. The van der Waals surface area contributed by atoms with Gasteiger partial charge in [0.05, 0.1) is 22.3 Å². The number of sulfone groups is 1. The van der Waals surface area contributed by atoms with Crippen molar-refractivity contribution in [3.63, 3.8) is 0 Å². The molecule has 3 atom stereocenters. The first-order valence-corrected chi connectivity index (χ1v) is 18.4. The number of hydrogen-bond donors (Lipinski definition) is 3. The van der Waals surface area contributed by atoms with Crippen LogP contribution in [0.25, 0.3) is 5.69 Å². The molecule has 0 bridgehead atoms. The normalized spacial score (nSPS) is 20.4. The molecule has 51 heavy (non-hydrogen) atoms. The van der Waals surface area contributed by atoms with Crippen molar-refractivity contribution in [2.75, 3.05) is 12.9 Å². The molecular formula is C35H44ClF2N7O5S. The van der Waals surface area contributed by atoms with Gasteiger partial charge < -0.3 is 15.4 Å². The number of allylic oxidation sites excluding steroid dienone is 3. The Kier molecular flexibility index (Phi) is 11.1. The Bertz CT molecular complexity index is 1910. The van der Waals surface area contributed by atoms with Crippen LogP contribution in [-0.2, 0) is 19.4 Å². The summed E-state index contributed by atoms with van der Waals surface area (Å²) in [6, 6.07) is 3.72. The maximum atomic E-state index is 14.9. The van der Waals surface area contributed by atoms with Gasteiger partial charge in [-0.3, -0.25) is 15.1 Å². The van der Waals surface area contributed by atoms with E-state index in [1.807, 2.05) is 32.9 Å². The summed E-state index contributed by atoms with van der Waals surface area (Å²) in [5, 5.41) is 18.9. The molecule has 3 N–H and O–H groups in total. The Balaban J connectivity index is 1.74. The summed E-state index contributed by atoms with van der Waals surface area (Å²) in [6.07, 6.45) is 5.92. The molecule has 1 aliphatic heterocycles. The highest BCUT2D eigenvalue weighted by atomic mass is 35.5. The number of alkyl halides is 2. The van der Waals surface area contributed by atoms with Crippen LogP contribution in [0.1, 0.15) is 72.9 Å². The number of halogens is 3. The maximum Gasteiger partial charge on any atom is 0.407 e. The second kappa shape index (κ2) is 14.4. The first-order chi connectivity index (χ1) is 23.5. The van der Waals surface area contributed by atoms with E-state index in [2.05, 4.69) is 32.6 Å². The van der Waals surface area contributed by atoms with Crippen molar-refractivity contribution in [1.29, 1.82) is 5.41 Å². The predicted octanol–water partition coefficient (Wildman–Crippen LogP) is 5.60. The van der Waals surface area contributed by atoms with E-state index in [0.717, 1.165) is 20.1 Å². The third-order valence-electron chi connectivity index (χ3n) is 8.83. The van der Waals surface area contributed by atoms with Crippen molar-refractivity contribution >= 4 is 39.4 Å². The van der Waals surface area contributed by atoms with Crippen molar-refractivity contribution in [2.24, 2.45) is 11.3 Å². The Hall–Kier alpha value is -4.29. The molecule has 16 heteroatoms. The fraction of sp³-hybridized carbons (Fsp3) is 0.514. The van der Waals surface area contributed by atoms with Crippen molar-refractivity contribution in [1.82, 2.24) is 30.3 Å². The molecule has 1 unspecified atom stereocenters. The number of amides is 2. The van der Waals surface area contributed by atoms with E-state index in [1.165, 1.54) is 36.1 Å². The third kappa shape index (κ3) is 8.78. The molecule has 0 radical (unpaired) electrons. The van der Waals surface area contributed by atoms with Crippen LogP contribution < -0.4 is 10.6 Å². The molecule has 0 saturated carbocycles. The van der Waals surface area contributed by atoms with Crippen LogP contribution in [0.15, 0.2) is 54.7 Å². The molecule has 4 rings (SSSR count). The molecule has 12 nitrogen and oxygen atoms in total. The highest BCUT2D eigenvalue weighted by molar-refractivity contribution is 7.92. The van der Waals surface area contributed by atoms with Crippen LogP contribution in [0.2, 0.25) is 5.02 Å².